The van der Waals surface area contributed by atoms with Gasteiger partial charge < -0.3 is 5.73 Å². The number of rotatable bonds is 3. The van der Waals surface area contributed by atoms with Gasteiger partial charge in [-0.15, -0.1) is 11.8 Å². The molecule has 2 N–H and O–H groups in total. The van der Waals surface area contributed by atoms with Gasteiger partial charge in [0.25, 0.3) is 0 Å². The highest BCUT2D eigenvalue weighted by Crippen LogP contribution is 1.97. The molecule has 0 aromatic carbocycles. The molecule has 0 unspecified atom stereocenters. The third-order valence-corrected chi connectivity index (χ3v) is 1.07. The van der Waals surface area contributed by atoms with Crippen molar-refractivity contribution in [1.29, 1.82) is 0 Å². The Hall–Kier alpha value is -0.370. The normalized spacial score (nSPS) is 9.71. The summed E-state index contributed by atoms with van der Waals surface area (Å²) in [5, 5.41) is 1.79. The summed E-state index contributed by atoms with van der Waals surface area (Å²) in [5.41, 5.74) is 5.04. The van der Waals surface area contributed by atoms with Gasteiger partial charge in [0.15, 0.2) is 0 Å². The van der Waals surface area contributed by atoms with Crippen LogP contribution in [0.2, 0.25) is 0 Å². The van der Waals surface area contributed by atoms with Crippen molar-refractivity contribution in [3.63, 3.8) is 0 Å². The van der Waals surface area contributed by atoms with E-state index in [9.17, 15) is 0 Å². The van der Waals surface area contributed by atoms with Crippen molar-refractivity contribution < 1.29 is 0 Å². The lowest BCUT2D eigenvalue weighted by atomic mass is 10.7. The second kappa shape index (κ2) is 5.63. The lowest BCUT2D eigenvalue weighted by Crippen LogP contribution is -1.75. The van der Waals surface area contributed by atoms with Crippen molar-refractivity contribution in [3.8, 4) is 0 Å². The average molecular weight is 115 g/mol. The Labute approximate surface area is 48.3 Å². The van der Waals surface area contributed by atoms with Crippen molar-refractivity contribution in [1.82, 2.24) is 0 Å². The Kier molecular flexibility index (Phi) is 5.33. The molecule has 1 nitrogen and oxygen atoms in total. The van der Waals surface area contributed by atoms with Crippen LogP contribution in [0.5, 0.6) is 0 Å². The predicted octanol–water partition coefficient (Wildman–Crippen LogP) is 1.34. The molecule has 0 fully saturated rings. The lowest BCUT2D eigenvalue weighted by molar-refractivity contribution is 1.56. The molecule has 0 amide bonds. The molecule has 0 saturated carbocycles. The summed E-state index contributed by atoms with van der Waals surface area (Å²) in [6.45, 7) is 3.52. The van der Waals surface area contributed by atoms with E-state index in [-0.39, 0.29) is 0 Å². The quantitative estimate of drug-likeness (QED) is 0.562. The molecular weight excluding hydrogens is 106 g/mol. The summed E-state index contributed by atoms with van der Waals surface area (Å²) in [7, 11) is 0. The van der Waals surface area contributed by atoms with E-state index in [0.717, 1.165) is 5.75 Å². The fourth-order valence-electron chi connectivity index (χ4n) is 0.179. The minimum absolute atomic E-state index is 0.931. The van der Waals surface area contributed by atoms with E-state index >= 15 is 0 Å². The topological polar surface area (TPSA) is 26.0 Å². The zero-order valence-electron chi connectivity index (χ0n) is 4.13. The van der Waals surface area contributed by atoms with Crippen LogP contribution in [0.25, 0.3) is 0 Å². The Morgan fingerprint density at radius 3 is 2.86 bits per heavy atom. The van der Waals surface area contributed by atoms with Gasteiger partial charge in [-0.3, -0.25) is 0 Å². The summed E-state index contributed by atoms with van der Waals surface area (Å²) >= 11 is 1.63. The highest BCUT2D eigenvalue weighted by Gasteiger charge is 1.68. The van der Waals surface area contributed by atoms with E-state index in [1.54, 1.807) is 17.2 Å². The molecule has 0 spiro atoms. The third-order valence-electron chi connectivity index (χ3n) is 0.446. The van der Waals surface area contributed by atoms with Crippen LogP contribution in [0.15, 0.2) is 24.3 Å². The third kappa shape index (κ3) is 5.63. The van der Waals surface area contributed by atoms with Crippen LogP contribution in [0.3, 0.4) is 0 Å². The molecule has 0 saturated heterocycles. The first kappa shape index (κ1) is 6.63. The smallest absolute Gasteiger partial charge is 0.0171 e. The van der Waals surface area contributed by atoms with Crippen LogP contribution in [0, 0.1) is 0 Å². The lowest BCUT2D eigenvalue weighted by Gasteiger charge is -1.79. The van der Waals surface area contributed by atoms with E-state index in [1.165, 1.54) is 6.20 Å². The van der Waals surface area contributed by atoms with Crippen LogP contribution in [0.1, 0.15) is 0 Å². The highest BCUT2D eigenvalue weighted by atomic mass is 32.2. The molecule has 0 aliphatic heterocycles. The van der Waals surface area contributed by atoms with E-state index in [2.05, 4.69) is 6.58 Å². The van der Waals surface area contributed by atoms with Gasteiger partial charge in [-0.25, -0.2) is 0 Å². The van der Waals surface area contributed by atoms with Gasteiger partial charge in [-0.05, 0) is 11.6 Å². The first-order valence-corrected chi connectivity index (χ1v) is 3.06. The van der Waals surface area contributed by atoms with Crippen LogP contribution in [-0.2, 0) is 0 Å². The first-order valence-electron chi connectivity index (χ1n) is 2.01. The summed E-state index contributed by atoms with van der Waals surface area (Å²) in [6, 6.07) is 0. The van der Waals surface area contributed by atoms with Gasteiger partial charge in [-0.1, -0.05) is 12.7 Å². The van der Waals surface area contributed by atoms with Crippen LogP contribution in [0.4, 0.5) is 0 Å². The van der Waals surface area contributed by atoms with Crippen LogP contribution < -0.4 is 5.73 Å². The van der Waals surface area contributed by atoms with E-state index in [0.29, 0.717) is 0 Å². The molecule has 0 aromatic rings. The maximum Gasteiger partial charge on any atom is 0.0171 e. The minimum Gasteiger partial charge on any atom is -0.405 e. The standard InChI is InChI=1S/C5H9NS/c1-2-7-5-3-4-6/h2-4H,1,5-6H2. The second-order valence-electron chi connectivity index (χ2n) is 0.928. The van der Waals surface area contributed by atoms with Crippen molar-refractivity contribution >= 4 is 11.8 Å². The molecule has 0 aliphatic rings. The molecule has 7 heavy (non-hydrogen) atoms. The molecule has 0 rings (SSSR count). The number of thioether (sulfide) groups is 1. The molecule has 0 aliphatic carbocycles. The maximum atomic E-state index is 5.04. The summed E-state index contributed by atoms with van der Waals surface area (Å²) in [4.78, 5) is 0. The largest absolute Gasteiger partial charge is 0.405 e. The first-order chi connectivity index (χ1) is 3.41. The molecule has 0 bridgehead atoms. The van der Waals surface area contributed by atoms with E-state index < -0.39 is 0 Å². The van der Waals surface area contributed by atoms with E-state index in [4.69, 9.17) is 5.73 Å². The second-order valence-corrected chi connectivity index (χ2v) is 1.93. The number of nitrogens with two attached hydrogens (primary N) is 1. The molecule has 0 atom stereocenters. The van der Waals surface area contributed by atoms with Crippen molar-refractivity contribution in [2.24, 2.45) is 5.73 Å². The van der Waals surface area contributed by atoms with Gasteiger partial charge >= 0.3 is 0 Å². The zero-order chi connectivity index (χ0) is 5.54. The monoisotopic (exact) mass is 115 g/mol. The van der Waals surface area contributed by atoms with Crippen molar-refractivity contribution in [2.75, 3.05) is 5.75 Å². The minimum atomic E-state index is 0.931. The summed E-state index contributed by atoms with van der Waals surface area (Å²) in [5.74, 6) is 0.931. The molecule has 2 heteroatoms. The number of hydrogen-bond acceptors (Lipinski definition) is 2. The summed E-state index contributed by atoms with van der Waals surface area (Å²) < 4.78 is 0. The molecule has 0 aromatic heterocycles. The fourth-order valence-corrected chi connectivity index (χ4v) is 0.537. The molecule has 0 heterocycles. The predicted molar refractivity (Wildman–Crippen MR) is 36.0 cm³/mol. The Morgan fingerprint density at radius 2 is 2.43 bits per heavy atom. The molecular formula is C5H9NS. The van der Waals surface area contributed by atoms with Crippen molar-refractivity contribution in [3.05, 3.63) is 24.3 Å². The van der Waals surface area contributed by atoms with E-state index in [1.807, 2.05) is 6.08 Å². The average Bonchev–Trinajstić information content (AvgIpc) is 1.69. The highest BCUT2D eigenvalue weighted by molar-refractivity contribution is 8.02. The summed E-state index contributed by atoms with van der Waals surface area (Å²) in [6.07, 6.45) is 3.42. The maximum absolute atomic E-state index is 5.04. The van der Waals surface area contributed by atoms with Crippen LogP contribution >= 0.6 is 11.8 Å². The number of hydrogen-bond donors (Lipinski definition) is 1. The molecule has 40 valence electrons. The van der Waals surface area contributed by atoms with Gasteiger partial charge in [-0.2, -0.15) is 0 Å². The SMILES string of the molecule is C=CSCC=CN. The molecule has 0 radical (unpaired) electrons. The van der Waals surface area contributed by atoms with Crippen molar-refractivity contribution in [2.45, 2.75) is 0 Å². The fraction of sp³-hybridized carbons (Fsp3) is 0.200. The van der Waals surface area contributed by atoms with Gasteiger partial charge in [0.1, 0.15) is 0 Å². The van der Waals surface area contributed by atoms with Gasteiger partial charge in [0.2, 0.25) is 0 Å². The van der Waals surface area contributed by atoms with Crippen LogP contribution in [-0.4, -0.2) is 5.75 Å². The zero-order valence-corrected chi connectivity index (χ0v) is 4.95. The van der Waals surface area contributed by atoms with Gasteiger partial charge in [0, 0.05) is 5.75 Å². The Morgan fingerprint density at radius 1 is 1.71 bits per heavy atom. The Balaban J connectivity index is 2.82. The Bertz CT molecular complexity index is 68.5. The van der Waals surface area contributed by atoms with Gasteiger partial charge in [0.05, 0.1) is 0 Å².